The molecule has 0 unspecified atom stereocenters. The van der Waals surface area contributed by atoms with Crippen molar-refractivity contribution >= 4 is 33.7 Å². The predicted octanol–water partition coefficient (Wildman–Crippen LogP) is 5.42. The predicted molar refractivity (Wildman–Crippen MR) is 110 cm³/mol. The molecule has 3 rings (SSSR count). The molecule has 152 valence electrons. The number of fused-ring (bicyclic) bond motifs is 1. The molecule has 5 nitrogen and oxygen atoms in total. The quantitative estimate of drug-likeness (QED) is 0.305. The molecule has 1 aromatic heterocycles. The van der Waals surface area contributed by atoms with E-state index < -0.39 is 11.6 Å². The maximum atomic E-state index is 14.8. The maximum absolute atomic E-state index is 14.8. The number of aromatic amines is 1. The minimum absolute atomic E-state index is 0.0327. The molecule has 8 heteroatoms. The van der Waals surface area contributed by atoms with Gasteiger partial charge >= 0.3 is 5.97 Å². The van der Waals surface area contributed by atoms with Crippen LogP contribution in [0.15, 0.2) is 36.5 Å². The third kappa shape index (κ3) is 4.59. The van der Waals surface area contributed by atoms with Crippen LogP contribution in [0.1, 0.15) is 24.5 Å². The van der Waals surface area contributed by atoms with E-state index in [0.29, 0.717) is 11.1 Å². The Morgan fingerprint density at radius 3 is 2.72 bits per heavy atom. The number of benzene rings is 2. The Morgan fingerprint density at radius 2 is 2.00 bits per heavy atom. The molecule has 0 spiro atoms. The zero-order valence-electron chi connectivity index (χ0n) is 16.0. The molecule has 2 N–H and O–H groups in total. The lowest BCUT2D eigenvalue weighted by Gasteiger charge is -2.15. The van der Waals surface area contributed by atoms with Crippen LogP contribution in [-0.2, 0) is 16.0 Å². The van der Waals surface area contributed by atoms with Crippen LogP contribution in [0.4, 0.5) is 8.78 Å². The molecule has 0 aliphatic rings. The number of aromatic nitrogens is 1. The van der Waals surface area contributed by atoms with Crippen molar-refractivity contribution in [3.05, 3.63) is 59.3 Å². The number of carbonyl (C=O) groups is 1. The fraction of sp³-hybridized carbons (Fsp3) is 0.238. The van der Waals surface area contributed by atoms with Crippen LogP contribution in [0.2, 0.25) is 0 Å². The molecule has 0 aliphatic heterocycles. The van der Waals surface area contributed by atoms with Crippen LogP contribution in [0.3, 0.4) is 0 Å². The molecule has 0 amide bonds. The van der Waals surface area contributed by atoms with E-state index in [4.69, 9.17) is 14.9 Å². The number of aryl methyl sites for hydroxylation is 1. The number of rotatable bonds is 7. The average Bonchev–Trinajstić information content (AvgIpc) is 3.16. The van der Waals surface area contributed by atoms with Crippen LogP contribution in [0, 0.1) is 17.0 Å². The van der Waals surface area contributed by atoms with Gasteiger partial charge in [-0.05, 0) is 43.9 Å². The number of carbonyl (C=O) groups excluding carboxylic acids is 1. The monoisotopic (exact) mass is 418 g/mol. The highest BCUT2D eigenvalue weighted by molar-refractivity contribution is 8.13. The third-order valence-electron chi connectivity index (χ3n) is 4.36. The molecule has 0 bridgehead atoms. The molecule has 29 heavy (non-hydrogen) atoms. The Kier molecular flexibility index (Phi) is 6.53. The normalized spacial score (nSPS) is 10.9. The highest BCUT2D eigenvalue weighted by atomic mass is 32.2. The summed E-state index contributed by atoms with van der Waals surface area (Å²) in [5, 5.41) is 8.62. The summed E-state index contributed by atoms with van der Waals surface area (Å²) in [6.07, 6.45) is 3.63. The highest BCUT2D eigenvalue weighted by Crippen LogP contribution is 2.36. The molecule has 0 saturated heterocycles. The zero-order valence-corrected chi connectivity index (χ0v) is 16.8. The molecular formula is C21H20F2N2O3S. The highest BCUT2D eigenvalue weighted by Gasteiger charge is 2.19. The van der Waals surface area contributed by atoms with Gasteiger partial charge in [-0.3, -0.25) is 10.2 Å². The van der Waals surface area contributed by atoms with Crippen molar-refractivity contribution in [2.75, 3.05) is 12.9 Å². The van der Waals surface area contributed by atoms with Crippen molar-refractivity contribution in [2.24, 2.45) is 0 Å². The first-order chi connectivity index (χ1) is 13.9. The molecule has 2 aromatic carbocycles. The number of nitrogens with one attached hydrogen (secondary N) is 2. The molecule has 1 heterocycles. The van der Waals surface area contributed by atoms with Crippen LogP contribution < -0.4 is 4.74 Å². The van der Waals surface area contributed by atoms with Gasteiger partial charge in [0.25, 0.3) is 0 Å². The van der Waals surface area contributed by atoms with Crippen molar-refractivity contribution in [1.29, 1.82) is 5.41 Å². The van der Waals surface area contributed by atoms with E-state index in [1.54, 1.807) is 25.4 Å². The number of H-pyrrole nitrogens is 1. The topological polar surface area (TPSA) is 75.2 Å². The molecule has 0 radical (unpaired) electrons. The lowest BCUT2D eigenvalue weighted by molar-refractivity contribution is -0.143. The van der Waals surface area contributed by atoms with Gasteiger partial charge in [-0.15, -0.1) is 11.8 Å². The van der Waals surface area contributed by atoms with Crippen molar-refractivity contribution in [3.63, 3.8) is 0 Å². The number of halogens is 2. The Balaban J connectivity index is 2.00. The van der Waals surface area contributed by atoms with Gasteiger partial charge in [0.15, 0.2) is 11.6 Å². The molecule has 0 atom stereocenters. The lowest BCUT2D eigenvalue weighted by atomic mass is 10.0. The van der Waals surface area contributed by atoms with Gasteiger partial charge in [0.05, 0.1) is 11.7 Å². The van der Waals surface area contributed by atoms with E-state index in [9.17, 15) is 13.6 Å². The van der Waals surface area contributed by atoms with E-state index in [1.165, 1.54) is 24.3 Å². The number of hydrogen-bond donors (Lipinski definition) is 2. The first kappa shape index (κ1) is 20.9. The van der Waals surface area contributed by atoms with Gasteiger partial charge in [-0.25, -0.2) is 8.78 Å². The van der Waals surface area contributed by atoms with Gasteiger partial charge in [0.2, 0.25) is 0 Å². The second-order valence-corrected chi connectivity index (χ2v) is 7.00. The molecule has 0 fully saturated rings. The second-order valence-electron chi connectivity index (χ2n) is 6.19. The van der Waals surface area contributed by atoms with Gasteiger partial charge in [0.1, 0.15) is 11.6 Å². The second kappa shape index (κ2) is 9.09. The van der Waals surface area contributed by atoms with E-state index >= 15 is 0 Å². The van der Waals surface area contributed by atoms with E-state index in [1.807, 2.05) is 0 Å². The summed E-state index contributed by atoms with van der Waals surface area (Å²) in [5.74, 6) is -1.38. The van der Waals surface area contributed by atoms with E-state index in [2.05, 4.69) is 4.98 Å². The summed E-state index contributed by atoms with van der Waals surface area (Å²) >= 11 is 1.09. The average molecular weight is 418 g/mol. The first-order valence-corrected chi connectivity index (χ1v) is 10.2. The van der Waals surface area contributed by atoms with E-state index in [0.717, 1.165) is 17.1 Å². The van der Waals surface area contributed by atoms with Crippen molar-refractivity contribution in [1.82, 2.24) is 4.98 Å². The van der Waals surface area contributed by atoms with Crippen LogP contribution >= 0.6 is 11.8 Å². The van der Waals surface area contributed by atoms with E-state index in [-0.39, 0.29) is 47.5 Å². The summed E-state index contributed by atoms with van der Waals surface area (Å²) in [5.41, 5.74) is 1.17. The standard InChI is InChI=1S/C21H20F2N2O3S/c1-3-27-19(26)7-5-14-13-8-9-25-18(13)11-17(23)20(14)28-12-4-6-16(22)15(10-12)21(24)29-2/h4,6,8-11,24-25H,3,5,7H2,1-2H3. The minimum Gasteiger partial charge on any atom is -0.466 e. The largest absolute Gasteiger partial charge is 0.466 e. The summed E-state index contributed by atoms with van der Waals surface area (Å²) in [6.45, 7) is 1.99. The van der Waals surface area contributed by atoms with Crippen molar-refractivity contribution < 1.29 is 23.0 Å². The smallest absolute Gasteiger partial charge is 0.306 e. The Morgan fingerprint density at radius 1 is 1.21 bits per heavy atom. The lowest BCUT2D eigenvalue weighted by Crippen LogP contribution is -2.06. The fourth-order valence-electron chi connectivity index (χ4n) is 3.01. The SMILES string of the molecule is CCOC(=O)CCc1c(Oc2ccc(F)c(C(=N)SC)c2)c(F)cc2[nH]ccc12. The minimum atomic E-state index is -0.607. The zero-order chi connectivity index (χ0) is 21.0. The van der Waals surface area contributed by atoms with Crippen LogP contribution in [-0.4, -0.2) is 28.9 Å². The summed E-state index contributed by atoms with van der Waals surface area (Å²) in [7, 11) is 0. The Labute approximate surface area is 170 Å². The van der Waals surface area contributed by atoms with Gasteiger partial charge < -0.3 is 14.5 Å². The summed E-state index contributed by atoms with van der Waals surface area (Å²) < 4.78 is 39.6. The number of thioether (sulfide) groups is 1. The van der Waals surface area contributed by atoms with Gasteiger partial charge in [0, 0.05) is 40.7 Å². The van der Waals surface area contributed by atoms with Crippen molar-refractivity contribution in [3.8, 4) is 11.5 Å². The third-order valence-corrected chi connectivity index (χ3v) is 4.99. The van der Waals surface area contributed by atoms with Crippen molar-refractivity contribution in [2.45, 2.75) is 19.8 Å². The maximum Gasteiger partial charge on any atom is 0.306 e. The Hall–Kier alpha value is -2.87. The molecule has 0 saturated carbocycles. The van der Waals surface area contributed by atoms with Crippen LogP contribution in [0.25, 0.3) is 10.9 Å². The number of hydrogen-bond acceptors (Lipinski definition) is 5. The summed E-state index contributed by atoms with van der Waals surface area (Å²) in [4.78, 5) is 14.8. The molecule has 3 aromatic rings. The number of ether oxygens (including phenoxy) is 2. The molecule has 0 aliphatic carbocycles. The Bertz CT molecular complexity index is 1070. The fourth-order valence-corrected chi connectivity index (χ4v) is 3.39. The van der Waals surface area contributed by atoms with Gasteiger partial charge in [-0.2, -0.15) is 0 Å². The van der Waals surface area contributed by atoms with Crippen LogP contribution in [0.5, 0.6) is 11.5 Å². The number of esters is 1. The summed E-state index contributed by atoms with van der Waals surface area (Å²) in [6, 6.07) is 7.02. The molecular weight excluding hydrogens is 398 g/mol. The van der Waals surface area contributed by atoms with Gasteiger partial charge in [-0.1, -0.05) is 0 Å². The first-order valence-electron chi connectivity index (χ1n) is 8.99.